The van der Waals surface area contributed by atoms with E-state index in [0.29, 0.717) is 19.6 Å². The van der Waals surface area contributed by atoms with Crippen molar-refractivity contribution in [2.75, 3.05) is 19.6 Å². The summed E-state index contributed by atoms with van der Waals surface area (Å²) in [7, 11) is 0. The van der Waals surface area contributed by atoms with Gasteiger partial charge in [-0.15, -0.1) is 0 Å². The van der Waals surface area contributed by atoms with Gasteiger partial charge in [-0.3, -0.25) is 4.90 Å². The summed E-state index contributed by atoms with van der Waals surface area (Å²) in [6.07, 6.45) is -0.315. The molecule has 156 valence electrons. The maximum Gasteiger partial charge on any atom is 0.410 e. The third kappa shape index (κ3) is 5.32. The standard InChI is InChI=1S/C23H28F2N2O2/c1-16-15-26(13-14-27(16)22(28)29-23(2,3)4)21(17-5-9-19(24)10-6-17)18-7-11-20(25)12-8-18/h5-12,16,21H,13-15H2,1-4H3. The molecular formula is C23H28F2N2O2. The van der Waals surface area contributed by atoms with E-state index < -0.39 is 5.60 Å². The highest BCUT2D eigenvalue weighted by Crippen LogP contribution is 2.31. The maximum absolute atomic E-state index is 13.5. The molecule has 1 aliphatic heterocycles. The summed E-state index contributed by atoms with van der Waals surface area (Å²) in [6, 6.07) is 12.6. The molecule has 4 nitrogen and oxygen atoms in total. The third-order valence-corrected chi connectivity index (χ3v) is 5.02. The fourth-order valence-corrected chi connectivity index (χ4v) is 3.72. The number of carbonyl (C=O) groups is 1. The Balaban J connectivity index is 1.83. The van der Waals surface area contributed by atoms with Crippen molar-refractivity contribution in [2.24, 2.45) is 0 Å². The van der Waals surface area contributed by atoms with Crippen LogP contribution < -0.4 is 0 Å². The zero-order chi connectivity index (χ0) is 21.2. The second-order valence-electron chi connectivity index (χ2n) is 8.52. The normalized spacial score (nSPS) is 18.2. The molecule has 2 aromatic carbocycles. The minimum absolute atomic E-state index is 0.0537. The van der Waals surface area contributed by atoms with Crippen molar-refractivity contribution in [1.82, 2.24) is 9.80 Å². The van der Waals surface area contributed by atoms with Crippen molar-refractivity contribution >= 4 is 6.09 Å². The summed E-state index contributed by atoms with van der Waals surface area (Å²) in [5, 5.41) is 0. The van der Waals surface area contributed by atoms with Crippen molar-refractivity contribution < 1.29 is 18.3 Å². The summed E-state index contributed by atoms with van der Waals surface area (Å²) in [5.74, 6) is -0.593. The van der Waals surface area contributed by atoms with Crippen molar-refractivity contribution in [3.8, 4) is 0 Å². The highest BCUT2D eigenvalue weighted by atomic mass is 19.1. The Bertz CT molecular complexity index is 786. The van der Waals surface area contributed by atoms with Gasteiger partial charge < -0.3 is 9.64 Å². The number of piperazine rings is 1. The minimum Gasteiger partial charge on any atom is -0.444 e. The molecule has 0 aliphatic carbocycles. The van der Waals surface area contributed by atoms with Crippen LogP contribution in [0.2, 0.25) is 0 Å². The van der Waals surface area contributed by atoms with Crippen molar-refractivity contribution in [2.45, 2.75) is 45.4 Å². The molecule has 1 unspecified atom stereocenters. The first-order valence-electron chi connectivity index (χ1n) is 9.88. The smallest absolute Gasteiger partial charge is 0.410 e. The van der Waals surface area contributed by atoms with Crippen LogP contribution in [0.4, 0.5) is 13.6 Å². The molecule has 0 saturated carbocycles. The molecule has 1 atom stereocenters. The molecular weight excluding hydrogens is 374 g/mol. The minimum atomic E-state index is -0.543. The van der Waals surface area contributed by atoms with Crippen molar-refractivity contribution in [3.63, 3.8) is 0 Å². The van der Waals surface area contributed by atoms with Crippen LogP contribution in [0.5, 0.6) is 0 Å². The van der Waals surface area contributed by atoms with Crippen LogP contribution in [0.3, 0.4) is 0 Å². The van der Waals surface area contributed by atoms with Gasteiger partial charge in [0.15, 0.2) is 0 Å². The van der Waals surface area contributed by atoms with Gasteiger partial charge in [-0.25, -0.2) is 13.6 Å². The summed E-state index contributed by atoms with van der Waals surface area (Å²) in [6.45, 7) is 9.32. The maximum atomic E-state index is 13.5. The Hall–Kier alpha value is -2.47. The molecule has 1 amide bonds. The molecule has 3 rings (SSSR count). The highest BCUT2D eigenvalue weighted by molar-refractivity contribution is 5.68. The predicted molar refractivity (Wildman–Crippen MR) is 109 cm³/mol. The molecule has 29 heavy (non-hydrogen) atoms. The van der Waals surface area contributed by atoms with Gasteiger partial charge >= 0.3 is 6.09 Å². The summed E-state index contributed by atoms with van der Waals surface area (Å²) >= 11 is 0. The molecule has 0 radical (unpaired) electrons. The van der Waals surface area contributed by atoms with Crippen LogP contribution in [-0.4, -0.2) is 47.2 Å². The number of rotatable bonds is 3. The van der Waals surface area contributed by atoms with Gasteiger partial charge in [0.05, 0.1) is 6.04 Å². The zero-order valence-electron chi connectivity index (χ0n) is 17.4. The Labute approximate surface area is 171 Å². The number of hydrogen-bond donors (Lipinski definition) is 0. The van der Waals surface area contributed by atoms with E-state index in [4.69, 9.17) is 4.74 Å². The Kier molecular flexibility index (Phi) is 6.22. The lowest BCUT2D eigenvalue weighted by Crippen LogP contribution is -2.55. The van der Waals surface area contributed by atoms with E-state index in [0.717, 1.165) is 11.1 Å². The molecule has 0 spiro atoms. The average molecular weight is 402 g/mol. The first kappa shape index (κ1) is 21.2. The SMILES string of the molecule is CC1CN(C(c2ccc(F)cc2)c2ccc(F)cc2)CCN1C(=O)OC(C)(C)C. The topological polar surface area (TPSA) is 32.8 Å². The second-order valence-corrected chi connectivity index (χ2v) is 8.52. The number of ether oxygens (including phenoxy) is 1. The first-order chi connectivity index (χ1) is 13.6. The number of nitrogens with zero attached hydrogens (tertiary/aromatic N) is 2. The lowest BCUT2D eigenvalue weighted by atomic mass is 9.95. The molecule has 0 bridgehead atoms. The number of hydrogen-bond acceptors (Lipinski definition) is 3. The molecule has 1 aliphatic rings. The fourth-order valence-electron chi connectivity index (χ4n) is 3.72. The van der Waals surface area contributed by atoms with E-state index in [9.17, 15) is 13.6 Å². The van der Waals surface area contributed by atoms with Gasteiger partial charge in [-0.05, 0) is 63.1 Å². The average Bonchev–Trinajstić information content (AvgIpc) is 2.63. The third-order valence-electron chi connectivity index (χ3n) is 5.02. The largest absolute Gasteiger partial charge is 0.444 e. The van der Waals surface area contributed by atoms with Gasteiger partial charge in [0, 0.05) is 25.7 Å². The predicted octanol–water partition coefficient (Wildman–Crippen LogP) is 5.00. The quantitative estimate of drug-likeness (QED) is 0.725. The van der Waals surface area contributed by atoms with Crippen LogP contribution >= 0.6 is 0 Å². The lowest BCUT2D eigenvalue weighted by molar-refractivity contribution is -0.00223. The van der Waals surface area contributed by atoms with Gasteiger partial charge in [0.25, 0.3) is 0 Å². The van der Waals surface area contributed by atoms with E-state index in [2.05, 4.69) is 4.90 Å². The van der Waals surface area contributed by atoms with E-state index in [1.54, 1.807) is 29.2 Å². The van der Waals surface area contributed by atoms with E-state index in [1.807, 2.05) is 27.7 Å². The lowest BCUT2D eigenvalue weighted by Gasteiger charge is -2.43. The van der Waals surface area contributed by atoms with E-state index in [1.165, 1.54) is 24.3 Å². The van der Waals surface area contributed by atoms with Gasteiger partial charge in [0.2, 0.25) is 0 Å². The molecule has 6 heteroatoms. The van der Waals surface area contributed by atoms with Crippen LogP contribution in [0.1, 0.15) is 44.9 Å². The summed E-state index contributed by atoms with van der Waals surface area (Å²) < 4.78 is 32.5. The summed E-state index contributed by atoms with van der Waals surface area (Å²) in [5.41, 5.74) is 1.31. The van der Waals surface area contributed by atoms with Gasteiger partial charge in [-0.2, -0.15) is 0 Å². The Morgan fingerprint density at radius 1 is 0.966 bits per heavy atom. The van der Waals surface area contributed by atoms with Crippen LogP contribution in [-0.2, 0) is 4.74 Å². The van der Waals surface area contributed by atoms with Gasteiger partial charge in [-0.1, -0.05) is 24.3 Å². The monoisotopic (exact) mass is 402 g/mol. The number of amides is 1. The number of carbonyl (C=O) groups excluding carboxylic acids is 1. The fraction of sp³-hybridized carbons (Fsp3) is 0.435. The second kappa shape index (κ2) is 8.49. The van der Waals surface area contributed by atoms with Crippen molar-refractivity contribution in [3.05, 3.63) is 71.3 Å². The van der Waals surface area contributed by atoms with E-state index in [-0.39, 0.29) is 29.8 Å². The first-order valence-corrected chi connectivity index (χ1v) is 9.88. The number of benzene rings is 2. The Morgan fingerprint density at radius 2 is 1.45 bits per heavy atom. The van der Waals surface area contributed by atoms with Gasteiger partial charge in [0.1, 0.15) is 17.2 Å². The molecule has 0 N–H and O–H groups in total. The summed E-state index contributed by atoms with van der Waals surface area (Å²) in [4.78, 5) is 16.5. The van der Waals surface area contributed by atoms with E-state index >= 15 is 0 Å². The zero-order valence-corrected chi connectivity index (χ0v) is 17.4. The molecule has 1 saturated heterocycles. The molecule has 0 aromatic heterocycles. The highest BCUT2D eigenvalue weighted by Gasteiger charge is 2.34. The Morgan fingerprint density at radius 3 is 1.86 bits per heavy atom. The number of halogens is 2. The molecule has 1 fully saturated rings. The molecule has 2 aromatic rings. The van der Waals surface area contributed by atoms with Crippen LogP contribution in [0.25, 0.3) is 0 Å². The molecule has 1 heterocycles. The van der Waals surface area contributed by atoms with Crippen molar-refractivity contribution in [1.29, 1.82) is 0 Å². The van der Waals surface area contributed by atoms with Crippen LogP contribution in [0.15, 0.2) is 48.5 Å². The van der Waals surface area contributed by atoms with Crippen LogP contribution in [0, 0.1) is 11.6 Å².